The maximum atomic E-state index is 11.9. The summed E-state index contributed by atoms with van der Waals surface area (Å²) in [4.78, 5) is 11.9. The summed E-state index contributed by atoms with van der Waals surface area (Å²) in [5.41, 5.74) is -0.345. The first-order valence-corrected chi connectivity index (χ1v) is 7.14. The summed E-state index contributed by atoms with van der Waals surface area (Å²) in [5, 5.41) is 30.0. The molecule has 6 heteroatoms. The van der Waals surface area contributed by atoms with E-state index in [1.165, 1.54) is 0 Å². The average molecular weight is 346 g/mol. The molecular formula is C14H20BrNO4. The third kappa shape index (κ3) is 4.56. The van der Waals surface area contributed by atoms with Crippen LogP contribution in [0.15, 0.2) is 28.7 Å². The quantitative estimate of drug-likeness (QED) is 0.587. The number of rotatable bonds is 7. The van der Waals surface area contributed by atoms with Crippen LogP contribution in [0, 0.1) is 0 Å². The van der Waals surface area contributed by atoms with Crippen molar-refractivity contribution in [3.05, 3.63) is 34.3 Å². The smallest absolute Gasteiger partial charge is 0.221 e. The summed E-state index contributed by atoms with van der Waals surface area (Å²) >= 11 is 3.35. The third-order valence-corrected chi connectivity index (χ3v) is 3.77. The van der Waals surface area contributed by atoms with Crippen LogP contribution in [0.4, 0.5) is 0 Å². The summed E-state index contributed by atoms with van der Waals surface area (Å²) in [6.07, 6.45) is 0.212. The van der Waals surface area contributed by atoms with Gasteiger partial charge in [-0.05, 0) is 23.6 Å². The van der Waals surface area contributed by atoms with Gasteiger partial charge in [0, 0.05) is 10.9 Å². The van der Waals surface area contributed by atoms with Crippen LogP contribution in [0.5, 0.6) is 0 Å². The largest absolute Gasteiger partial charge is 0.394 e. The standard InChI is InChI=1S/C14H20BrNO4/c1-10(11-2-4-12(15)5-3-11)6-13(20)16-14(7-17,8-18)9-19/h2-5,10,17-19H,6-9H2,1H3,(H,16,20). The Morgan fingerprint density at radius 3 is 2.15 bits per heavy atom. The molecule has 4 N–H and O–H groups in total. The predicted molar refractivity (Wildman–Crippen MR) is 79.3 cm³/mol. The van der Waals surface area contributed by atoms with Crippen LogP contribution in [-0.4, -0.2) is 46.6 Å². The van der Waals surface area contributed by atoms with Crippen molar-refractivity contribution < 1.29 is 20.1 Å². The van der Waals surface area contributed by atoms with E-state index < -0.39 is 25.4 Å². The second kappa shape index (κ2) is 7.73. The van der Waals surface area contributed by atoms with E-state index in [0.717, 1.165) is 10.0 Å². The second-order valence-corrected chi connectivity index (χ2v) is 5.88. The minimum atomic E-state index is -1.36. The number of benzene rings is 1. The molecule has 1 atom stereocenters. The molecule has 20 heavy (non-hydrogen) atoms. The predicted octanol–water partition coefficient (Wildman–Crippen LogP) is 0.775. The number of nitrogens with one attached hydrogen (secondary N) is 1. The first-order valence-electron chi connectivity index (χ1n) is 6.35. The molecule has 0 aliphatic carbocycles. The molecule has 112 valence electrons. The molecule has 0 spiro atoms. The van der Waals surface area contributed by atoms with Crippen LogP contribution < -0.4 is 5.32 Å². The highest BCUT2D eigenvalue weighted by Crippen LogP contribution is 2.21. The van der Waals surface area contributed by atoms with E-state index in [1.807, 2.05) is 31.2 Å². The van der Waals surface area contributed by atoms with Crippen molar-refractivity contribution in [2.45, 2.75) is 24.8 Å². The van der Waals surface area contributed by atoms with Gasteiger partial charge in [0.05, 0.1) is 19.8 Å². The van der Waals surface area contributed by atoms with E-state index in [1.54, 1.807) is 0 Å². The molecule has 1 aromatic carbocycles. The zero-order chi connectivity index (χ0) is 15.2. The van der Waals surface area contributed by atoms with E-state index in [0.29, 0.717) is 0 Å². The van der Waals surface area contributed by atoms with Crippen molar-refractivity contribution >= 4 is 21.8 Å². The van der Waals surface area contributed by atoms with E-state index in [2.05, 4.69) is 21.2 Å². The molecule has 0 radical (unpaired) electrons. The van der Waals surface area contributed by atoms with Gasteiger partial charge in [-0.3, -0.25) is 4.79 Å². The van der Waals surface area contributed by atoms with Crippen LogP contribution >= 0.6 is 15.9 Å². The van der Waals surface area contributed by atoms with E-state index in [9.17, 15) is 4.79 Å². The topological polar surface area (TPSA) is 89.8 Å². The van der Waals surface area contributed by atoms with Crippen molar-refractivity contribution in [1.29, 1.82) is 0 Å². The summed E-state index contributed by atoms with van der Waals surface area (Å²) in [7, 11) is 0. The maximum absolute atomic E-state index is 11.9. The molecular weight excluding hydrogens is 326 g/mol. The molecule has 5 nitrogen and oxygen atoms in total. The van der Waals surface area contributed by atoms with Gasteiger partial charge in [-0.2, -0.15) is 0 Å². The van der Waals surface area contributed by atoms with Crippen molar-refractivity contribution in [3.8, 4) is 0 Å². The Kier molecular flexibility index (Phi) is 6.61. The number of amides is 1. The molecule has 0 saturated heterocycles. The number of aliphatic hydroxyl groups is 3. The second-order valence-electron chi connectivity index (χ2n) is 4.96. The summed E-state index contributed by atoms with van der Waals surface area (Å²) in [6, 6.07) is 7.67. The van der Waals surface area contributed by atoms with Crippen LogP contribution in [0.2, 0.25) is 0 Å². The molecule has 1 unspecified atom stereocenters. The molecule has 0 aliphatic rings. The number of hydrogen-bond acceptors (Lipinski definition) is 4. The van der Waals surface area contributed by atoms with Gasteiger partial charge in [-0.15, -0.1) is 0 Å². The molecule has 0 aromatic heterocycles. The van der Waals surface area contributed by atoms with Gasteiger partial charge >= 0.3 is 0 Å². The fourth-order valence-corrected chi connectivity index (χ4v) is 2.07. The zero-order valence-electron chi connectivity index (χ0n) is 11.3. The number of carbonyl (C=O) groups excluding carboxylic acids is 1. The van der Waals surface area contributed by atoms with Gasteiger partial charge in [0.2, 0.25) is 5.91 Å². The lowest BCUT2D eigenvalue weighted by atomic mass is 9.96. The van der Waals surface area contributed by atoms with Crippen molar-refractivity contribution in [2.75, 3.05) is 19.8 Å². The summed E-state index contributed by atoms with van der Waals surface area (Å²) in [6.45, 7) is 0.372. The van der Waals surface area contributed by atoms with E-state index in [-0.39, 0.29) is 18.2 Å². The molecule has 0 aliphatic heterocycles. The lowest BCUT2D eigenvalue weighted by molar-refractivity contribution is -0.125. The van der Waals surface area contributed by atoms with Crippen molar-refractivity contribution in [1.82, 2.24) is 5.32 Å². The summed E-state index contributed by atoms with van der Waals surface area (Å²) < 4.78 is 0.970. The van der Waals surface area contributed by atoms with Crippen molar-refractivity contribution in [2.24, 2.45) is 0 Å². The Balaban J connectivity index is 2.63. The normalized spacial score (nSPS) is 13.1. The van der Waals surface area contributed by atoms with Crippen LogP contribution in [0.3, 0.4) is 0 Å². The average Bonchev–Trinajstić information content (AvgIpc) is 2.45. The number of hydrogen-bond donors (Lipinski definition) is 4. The van der Waals surface area contributed by atoms with Gasteiger partial charge in [0.25, 0.3) is 0 Å². The van der Waals surface area contributed by atoms with E-state index >= 15 is 0 Å². The molecule has 1 rings (SSSR count). The lowest BCUT2D eigenvalue weighted by Crippen LogP contribution is -2.57. The number of aliphatic hydroxyl groups excluding tert-OH is 3. The maximum Gasteiger partial charge on any atom is 0.221 e. The molecule has 0 bridgehead atoms. The SMILES string of the molecule is CC(CC(=O)NC(CO)(CO)CO)c1ccc(Br)cc1. The highest BCUT2D eigenvalue weighted by Gasteiger charge is 2.30. The molecule has 0 saturated carbocycles. The molecule has 1 amide bonds. The monoisotopic (exact) mass is 345 g/mol. The lowest BCUT2D eigenvalue weighted by Gasteiger charge is -2.29. The number of halogens is 1. The first-order chi connectivity index (χ1) is 9.46. The summed E-state index contributed by atoms with van der Waals surface area (Å²) in [5.74, 6) is -0.325. The van der Waals surface area contributed by atoms with Crippen LogP contribution in [0.25, 0.3) is 0 Å². The molecule has 0 heterocycles. The van der Waals surface area contributed by atoms with Gasteiger partial charge < -0.3 is 20.6 Å². The van der Waals surface area contributed by atoms with Gasteiger partial charge in [-0.1, -0.05) is 35.0 Å². The van der Waals surface area contributed by atoms with Crippen LogP contribution in [0.1, 0.15) is 24.8 Å². The molecule has 0 fully saturated rings. The molecule has 1 aromatic rings. The van der Waals surface area contributed by atoms with Crippen molar-refractivity contribution in [3.63, 3.8) is 0 Å². The van der Waals surface area contributed by atoms with E-state index in [4.69, 9.17) is 15.3 Å². The minimum Gasteiger partial charge on any atom is -0.394 e. The first kappa shape index (κ1) is 17.1. The van der Waals surface area contributed by atoms with Crippen LogP contribution in [-0.2, 0) is 4.79 Å². The Bertz CT molecular complexity index is 423. The minimum absolute atomic E-state index is 0.00289. The zero-order valence-corrected chi connectivity index (χ0v) is 12.9. The Hall–Kier alpha value is -0.950. The van der Waals surface area contributed by atoms with Gasteiger partial charge in [-0.25, -0.2) is 0 Å². The number of carbonyl (C=O) groups is 1. The fraction of sp³-hybridized carbons (Fsp3) is 0.500. The Labute approximate surface area is 126 Å². The van der Waals surface area contributed by atoms with Gasteiger partial charge in [0.15, 0.2) is 0 Å². The third-order valence-electron chi connectivity index (χ3n) is 3.24. The Morgan fingerprint density at radius 2 is 1.70 bits per heavy atom. The van der Waals surface area contributed by atoms with Gasteiger partial charge in [0.1, 0.15) is 5.54 Å². The highest BCUT2D eigenvalue weighted by molar-refractivity contribution is 9.10. The fourth-order valence-electron chi connectivity index (χ4n) is 1.80. The Morgan fingerprint density at radius 1 is 1.20 bits per heavy atom. The highest BCUT2D eigenvalue weighted by atomic mass is 79.9.